The summed E-state index contributed by atoms with van der Waals surface area (Å²) in [6.07, 6.45) is 3.29. The number of benzene rings is 2. The monoisotopic (exact) mass is 455 g/mol. The molecule has 2 N–H and O–H groups in total. The van der Waals surface area contributed by atoms with E-state index in [1.165, 1.54) is 6.92 Å². The van der Waals surface area contributed by atoms with Crippen LogP contribution in [-0.2, 0) is 16.1 Å². The number of hydrogen-bond acceptors (Lipinski definition) is 6. The van der Waals surface area contributed by atoms with Crippen molar-refractivity contribution in [3.63, 3.8) is 0 Å². The number of nitrogens with one attached hydrogen (secondary N) is 2. The summed E-state index contributed by atoms with van der Waals surface area (Å²) in [5.41, 5.74) is 3.79. The lowest BCUT2D eigenvalue weighted by atomic mass is 10.2. The van der Waals surface area contributed by atoms with Crippen molar-refractivity contribution >= 4 is 40.2 Å². The molecule has 1 aliphatic heterocycles. The van der Waals surface area contributed by atoms with E-state index in [-0.39, 0.29) is 11.8 Å². The van der Waals surface area contributed by atoms with E-state index in [0.717, 1.165) is 29.9 Å². The van der Waals surface area contributed by atoms with E-state index >= 15 is 0 Å². The van der Waals surface area contributed by atoms with Crippen LogP contribution in [0.5, 0.6) is 0 Å². The first-order valence-electron chi connectivity index (χ1n) is 11.3. The van der Waals surface area contributed by atoms with Crippen LogP contribution < -0.4 is 10.6 Å². The number of likely N-dealkylation sites (tertiary alicyclic amines) is 1. The highest BCUT2D eigenvalue weighted by molar-refractivity contribution is 5.90. The summed E-state index contributed by atoms with van der Waals surface area (Å²) in [5, 5.41) is 6.11. The van der Waals surface area contributed by atoms with Gasteiger partial charge < -0.3 is 20.1 Å². The molecule has 0 atom stereocenters. The average molecular weight is 456 g/mol. The maximum absolute atomic E-state index is 12.0. The molecule has 1 fully saturated rings. The van der Waals surface area contributed by atoms with Gasteiger partial charge in [-0.3, -0.25) is 9.59 Å². The van der Waals surface area contributed by atoms with E-state index in [1.807, 2.05) is 64.1 Å². The molecule has 1 saturated heterocycles. The predicted molar refractivity (Wildman–Crippen MR) is 131 cm³/mol. The van der Waals surface area contributed by atoms with E-state index in [0.29, 0.717) is 42.3 Å². The van der Waals surface area contributed by atoms with Crippen LogP contribution in [0.3, 0.4) is 0 Å². The van der Waals surface area contributed by atoms with E-state index in [4.69, 9.17) is 9.97 Å². The zero-order valence-electron chi connectivity index (χ0n) is 18.9. The molecule has 0 aliphatic carbocycles. The predicted octanol–water partition coefficient (Wildman–Crippen LogP) is 3.82. The second-order valence-corrected chi connectivity index (χ2v) is 8.24. The second-order valence-electron chi connectivity index (χ2n) is 8.24. The maximum Gasteiger partial charge on any atom is 0.222 e. The topological polar surface area (TPSA) is 105 Å². The third-order valence-corrected chi connectivity index (χ3v) is 5.75. The van der Waals surface area contributed by atoms with Crippen LogP contribution in [0.2, 0.25) is 0 Å². The van der Waals surface area contributed by atoms with Crippen LogP contribution in [0.25, 0.3) is 22.6 Å². The molecule has 3 heterocycles. The van der Waals surface area contributed by atoms with Crippen LogP contribution in [0.4, 0.5) is 17.2 Å². The van der Waals surface area contributed by atoms with Crippen LogP contribution in [0, 0.1) is 0 Å². The molecule has 0 unspecified atom stereocenters. The van der Waals surface area contributed by atoms with Crippen molar-refractivity contribution in [3.05, 3.63) is 60.9 Å². The summed E-state index contributed by atoms with van der Waals surface area (Å²) >= 11 is 0. The van der Waals surface area contributed by atoms with Gasteiger partial charge in [0.1, 0.15) is 0 Å². The zero-order valence-corrected chi connectivity index (χ0v) is 18.9. The lowest BCUT2D eigenvalue weighted by Gasteiger charge is -2.16. The normalized spacial score (nSPS) is 13.4. The molecule has 9 heteroatoms. The fraction of sp³-hybridized carbons (Fsp3) is 0.240. The van der Waals surface area contributed by atoms with Gasteiger partial charge in [-0.15, -0.1) is 0 Å². The molecule has 2 aromatic carbocycles. The highest BCUT2D eigenvalue weighted by atomic mass is 16.2. The number of anilines is 3. The zero-order chi connectivity index (χ0) is 23.5. The number of carbonyl (C=O) groups excluding carboxylic acids is 2. The first kappa shape index (κ1) is 21.6. The van der Waals surface area contributed by atoms with E-state index in [1.54, 1.807) is 6.33 Å². The fourth-order valence-corrected chi connectivity index (χ4v) is 4.06. The molecule has 1 aliphatic rings. The lowest BCUT2D eigenvalue weighted by Crippen LogP contribution is -2.28. The number of nitrogens with zero attached hydrogens (tertiary/aromatic N) is 5. The molecule has 0 bridgehead atoms. The number of aromatic nitrogens is 4. The average Bonchev–Trinajstić information content (AvgIpc) is 3.45. The lowest BCUT2D eigenvalue weighted by molar-refractivity contribution is -0.127. The minimum absolute atomic E-state index is 0.119. The molecular formula is C25H25N7O2. The largest absolute Gasteiger partial charge is 0.341 e. The van der Waals surface area contributed by atoms with Gasteiger partial charge in [0.15, 0.2) is 22.8 Å². The van der Waals surface area contributed by atoms with Gasteiger partial charge in [-0.25, -0.2) is 15.0 Å². The van der Waals surface area contributed by atoms with Gasteiger partial charge in [-0.05, 0) is 30.7 Å². The standard InChI is InChI=1S/C25H25N7O2/c1-17(33)27-19-9-11-20(12-10-19)28-24-22-25(30-23(29-24)18-6-3-2-4-7-18)32(16-26-22)15-14-31-13-5-8-21(31)34/h2-4,6-7,9-12,16H,5,8,13-15H2,1H3,(H,27,33)(H,28,29,30). The fourth-order valence-electron chi connectivity index (χ4n) is 4.06. The van der Waals surface area contributed by atoms with Crippen LogP contribution in [0.1, 0.15) is 19.8 Å². The molecule has 9 nitrogen and oxygen atoms in total. The third kappa shape index (κ3) is 4.59. The van der Waals surface area contributed by atoms with Crippen molar-refractivity contribution in [2.24, 2.45) is 0 Å². The molecule has 34 heavy (non-hydrogen) atoms. The summed E-state index contributed by atoms with van der Waals surface area (Å²) in [4.78, 5) is 39.4. The SMILES string of the molecule is CC(=O)Nc1ccc(Nc2nc(-c3ccccc3)nc3c2ncn3CCN2CCCC2=O)cc1. The van der Waals surface area contributed by atoms with Crippen molar-refractivity contribution in [2.75, 3.05) is 23.7 Å². The summed E-state index contributed by atoms with van der Waals surface area (Å²) < 4.78 is 1.97. The maximum atomic E-state index is 12.0. The number of amides is 2. The Bertz CT molecular complexity index is 1330. The van der Waals surface area contributed by atoms with Crippen molar-refractivity contribution in [1.82, 2.24) is 24.4 Å². The van der Waals surface area contributed by atoms with Gasteiger partial charge in [0.25, 0.3) is 0 Å². The molecular weight excluding hydrogens is 430 g/mol. The molecule has 5 rings (SSSR count). The molecule has 2 amide bonds. The summed E-state index contributed by atoms with van der Waals surface area (Å²) in [6, 6.07) is 17.2. The first-order valence-corrected chi connectivity index (χ1v) is 11.3. The number of imidazole rings is 1. The Hall–Kier alpha value is -4.27. The summed E-state index contributed by atoms with van der Waals surface area (Å²) in [6.45, 7) is 3.52. The van der Waals surface area contributed by atoms with Crippen molar-refractivity contribution in [3.8, 4) is 11.4 Å². The molecule has 0 saturated carbocycles. The summed E-state index contributed by atoms with van der Waals surface area (Å²) in [7, 11) is 0. The van der Waals surface area contributed by atoms with E-state index in [9.17, 15) is 9.59 Å². The van der Waals surface area contributed by atoms with Crippen LogP contribution in [-0.4, -0.2) is 49.3 Å². The Kier molecular flexibility index (Phi) is 5.90. The van der Waals surface area contributed by atoms with E-state index < -0.39 is 0 Å². The Morgan fingerprint density at radius 3 is 2.47 bits per heavy atom. The smallest absolute Gasteiger partial charge is 0.222 e. The Labute approximate surface area is 196 Å². The minimum Gasteiger partial charge on any atom is -0.341 e. The Morgan fingerprint density at radius 1 is 1.00 bits per heavy atom. The van der Waals surface area contributed by atoms with Gasteiger partial charge in [0.2, 0.25) is 11.8 Å². The molecule has 172 valence electrons. The minimum atomic E-state index is -0.119. The highest BCUT2D eigenvalue weighted by Crippen LogP contribution is 2.27. The van der Waals surface area contributed by atoms with E-state index in [2.05, 4.69) is 15.6 Å². The van der Waals surface area contributed by atoms with Crippen molar-refractivity contribution < 1.29 is 9.59 Å². The van der Waals surface area contributed by atoms with Gasteiger partial charge >= 0.3 is 0 Å². The van der Waals surface area contributed by atoms with Gasteiger partial charge in [0, 0.05) is 49.9 Å². The molecule has 4 aromatic rings. The van der Waals surface area contributed by atoms with Crippen LogP contribution in [0.15, 0.2) is 60.9 Å². The third-order valence-electron chi connectivity index (χ3n) is 5.75. The second kappa shape index (κ2) is 9.30. The quantitative estimate of drug-likeness (QED) is 0.439. The van der Waals surface area contributed by atoms with Gasteiger partial charge in [-0.1, -0.05) is 30.3 Å². The number of carbonyl (C=O) groups is 2. The summed E-state index contributed by atoms with van der Waals surface area (Å²) in [5.74, 6) is 1.26. The first-order chi connectivity index (χ1) is 16.6. The number of hydrogen-bond donors (Lipinski definition) is 2. The van der Waals surface area contributed by atoms with Gasteiger partial charge in [0.05, 0.1) is 6.33 Å². The molecule has 0 spiro atoms. The number of fused-ring (bicyclic) bond motifs is 1. The van der Waals surface area contributed by atoms with Crippen molar-refractivity contribution in [1.29, 1.82) is 0 Å². The van der Waals surface area contributed by atoms with Crippen LogP contribution >= 0.6 is 0 Å². The number of rotatable bonds is 7. The highest BCUT2D eigenvalue weighted by Gasteiger charge is 2.21. The molecule has 0 radical (unpaired) electrons. The Balaban J connectivity index is 1.49. The Morgan fingerprint density at radius 2 is 1.76 bits per heavy atom. The van der Waals surface area contributed by atoms with Gasteiger partial charge in [-0.2, -0.15) is 0 Å². The molecule has 2 aromatic heterocycles. The van der Waals surface area contributed by atoms with Crippen molar-refractivity contribution in [2.45, 2.75) is 26.3 Å².